The lowest BCUT2D eigenvalue weighted by Gasteiger charge is -2.32. The van der Waals surface area contributed by atoms with Crippen LogP contribution in [0.2, 0.25) is 0 Å². The van der Waals surface area contributed by atoms with Crippen LogP contribution >= 0.6 is 0 Å². The van der Waals surface area contributed by atoms with Crippen molar-refractivity contribution in [2.45, 2.75) is 51.4 Å². The topological polar surface area (TPSA) is 41.8 Å². The molecule has 0 heterocycles. The van der Waals surface area contributed by atoms with Crippen molar-refractivity contribution in [3.63, 3.8) is 0 Å². The first-order chi connectivity index (χ1) is 18.7. The van der Waals surface area contributed by atoms with Crippen molar-refractivity contribution in [1.29, 1.82) is 0 Å². The van der Waals surface area contributed by atoms with Gasteiger partial charge < -0.3 is 9.84 Å². The van der Waals surface area contributed by atoms with Gasteiger partial charge in [-0.1, -0.05) is 101 Å². The molecule has 4 rings (SSSR count). The van der Waals surface area contributed by atoms with Gasteiger partial charge in [0, 0.05) is 28.2 Å². The fourth-order valence-corrected chi connectivity index (χ4v) is 4.81. The number of hydrogen-bond donors (Lipinski definition) is 1. The standard InChI is InChI=1S/C36H39NO2/c1-6-7-14-23-39-32-21-19-31(20-22-32)37-26-27-24-30(35(2,3)28-15-10-8-11-16-28)25-33(34(27)38)36(4,5)29-17-12-9-13-18-29/h6,8-13,15-22,24-26,38H,1,7,14,23H2,2-5H3. The van der Waals surface area contributed by atoms with Crippen LogP contribution in [0.4, 0.5) is 5.69 Å². The van der Waals surface area contributed by atoms with Gasteiger partial charge in [-0.3, -0.25) is 4.99 Å². The predicted molar refractivity (Wildman–Crippen MR) is 164 cm³/mol. The molecular formula is C36H39NO2. The second-order valence-electron chi connectivity index (χ2n) is 11.0. The van der Waals surface area contributed by atoms with E-state index in [1.165, 1.54) is 5.56 Å². The minimum Gasteiger partial charge on any atom is -0.507 e. The van der Waals surface area contributed by atoms with Crippen LogP contribution in [0.5, 0.6) is 11.5 Å². The Morgan fingerprint density at radius 3 is 1.95 bits per heavy atom. The van der Waals surface area contributed by atoms with Crippen molar-refractivity contribution in [3.8, 4) is 11.5 Å². The van der Waals surface area contributed by atoms with Gasteiger partial charge in [0.25, 0.3) is 0 Å². The second-order valence-corrected chi connectivity index (χ2v) is 11.0. The van der Waals surface area contributed by atoms with E-state index < -0.39 is 5.41 Å². The number of aliphatic imine (C=N–C) groups is 1. The number of nitrogens with zero attached hydrogens (tertiary/aromatic N) is 1. The van der Waals surface area contributed by atoms with E-state index in [0.717, 1.165) is 41.0 Å². The third kappa shape index (κ3) is 6.49. The van der Waals surface area contributed by atoms with Crippen molar-refractivity contribution in [2.75, 3.05) is 6.61 Å². The van der Waals surface area contributed by atoms with Crippen LogP contribution < -0.4 is 4.74 Å². The third-order valence-electron chi connectivity index (χ3n) is 7.54. The maximum atomic E-state index is 11.6. The van der Waals surface area contributed by atoms with Crippen molar-refractivity contribution < 1.29 is 9.84 Å². The molecule has 3 heteroatoms. The van der Waals surface area contributed by atoms with E-state index in [1.807, 2.05) is 54.6 Å². The number of allylic oxidation sites excluding steroid dienone is 1. The molecule has 39 heavy (non-hydrogen) atoms. The number of phenolic OH excluding ortho intramolecular Hbond substituents is 1. The maximum Gasteiger partial charge on any atom is 0.128 e. The number of rotatable bonds is 11. The fraction of sp³-hybridized carbons (Fsp3) is 0.250. The molecule has 0 aliphatic heterocycles. The molecule has 0 saturated heterocycles. The molecule has 4 aromatic rings. The Balaban J connectivity index is 1.73. The van der Waals surface area contributed by atoms with E-state index in [1.54, 1.807) is 6.21 Å². The summed E-state index contributed by atoms with van der Waals surface area (Å²) in [6.45, 7) is 13.2. The molecule has 4 aromatic carbocycles. The van der Waals surface area contributed by atoms with Crippen molar-refractivity contribution in [2.24, 2.45) is 4.99 Å². The molecular weight excluding hydrogens is 478 g/mol. The molecule has 0 aromatic heterocycles. The molecule has 0 unspecified atom stereocenters. The number of ether oxygens (including phenoxy) is 1. The van der Waals surface area contributed by atoms with Crippen LogP contribution in [0.3, 0.4) is 0 Å². The van der Waals surface area contributed by atoms with Gasteiger partial charge >= 0.3 is 0 Å². The highest BCUT2D eigenvalue weighted by atomic mass is 16.5. The van der Waals surface area contributed by atoms with Gasteiger partial charge in [0.1, 0.15) is 11.5 Å². The minimum atomic E-state index is -0.415. The summed E-state index contributed by atoms with van der Waals surface area (Å²) in [5.74, 6) is 1.07. The number of aromatic hydroxyl groups is 1. The molecule has 0 spiro atoms. The highest BCUT2D eigenvalue weighted by molar-refractivity contribution is 5.87. The van der Waals surface area contributed by atoms with Gasteiger partial charge in [-0.05, 0) is 59.9 Å². The Kier molecular flexibility index (Phi) is 8.71. The summed E-state index contributed by atoms with van der Waals surface area (Å²) in [5, 5.41) is 11.6. The Bertz CT molecular complexity index is 1400. The molecule has 0 radical (unpaired) electrons. The molecule has 1 N–H and O–H groups in total. The monoisotopic (exact) mass is 517 g/mol. The van der Waals surface area contributed by atoms with Gasteiger partial charge in [-0.25, -0.2) is 0 Å². The zero-order valence-electron chi connectivity index (χ0n) is 23.5. The predicted octanol–water partition coefficient (Wildman–Crippen LogP) is 9.14. The van der Waals surface area contributed by atoms with E-state index in [0.29, 0.717) is 12.2 Å². The molecule has 0 aliphatic carbocycles. The summed E-state index contributed by atoms with van der Waals surface area (Å²) in [4.78, 5) is 4.73. The molecule has 0 saturated carbocycles. The summed E-state index contributed by atoms with van der Waals surface area (Å²) in [5.41, 5.74) is 5.15. The van der Waals surface area contributed by atoms with Crippen molar-refractivity contribution in [3.05, 3.63) is 138 Å². The Morgan fingerprint density at radius 2 is 1.36 bits per heavy atom. The van der Waals surface area contributed by atoms with Gasteiger partial charge in [-0.2, -0.15) is 0 Å². The first-order valence-electron chi connectivity index (χ1n) is 13.6. The second kappa shape index (κ2) is 12.2. The fourth-order valence-electron chi connectivity index (χ4n) is 4.81. The first-order valence-corrected chi connectivity index (χ1v) is 13.6. The summed E-state index contributed by atoms with van der Waals surface area (Å²) in [7, 11) is 0. The smallest absolute Gasteiger partial charge is 0.128 e. The molecule has 0 aliphatic rings. The normalized spacial score (nSPS) is 12.0. The summed E-state index contributed by atoms with van der Waals surface area (Å²) < 4.78 is 5.80. The average Bonchev–Trinajstić information content (AvgIpc) is 2.96. The quantitative estimate of drug-likeness (QED) is 0.122. The van der Waals surface area contributed by atoms with Crippen molar-refractivity contribution in [1.82, 2.24) is 0 Å². The molecule has 3 nitrogen and oxygen atoms in total. The zero-order chi connectivity index (χ0) is 27.9. The summed E-state index contributed by atoms with van der Waals surface area (Å²) >= 11 is 0. The molecule has 0 fully saturated rings. The number of benzene rings is 4. The highest BCUT2D eigenvalue weighted by Crippen LogP contribution is 2.42. The Morgan fingerprint density at radius 1 is 0.769 bits per heavy atom. The van der Waals surface area contributed by atoms with Crippen LogP contribution in [0, 0.1) is 0 Å². The van der Waals surface area contributed by atoms with E-state index in [2.05, 4.69) is 82.8 Å². The Hall–Kier alpha value is -4.11. The first kappa shape index (κ1) is 27.9. The molecule has 0 bridgehead atoms. The van der Waals surface area contributed by atoms with E-state index in [4.69, 9.17) is 9.73 Å². The average molecular weight is 518 g/mol. The van der Waals surface area contributed by atoms with Gasteiger partial charge in [0.2, 0.25) is 0 Å². The lowest BCUT2D eigenvalue weighted by molar-refractivity contribution is 0.312. The maximum absolute atomic E-state index is 11.6. The molecule has 0 atom stereocenters. The SMILES string of the molecule is C=CCCCOc1ccc(N=Cc2cc(C(C)(C)c3ccccc3)cc(C(C)(C)c3ccccc3)c2O)cc1. The van der Waals surface area contributed by atoms with Crippen LogP contribution in [-0.4, -0.2) is 17.9 Å². The highest BCUT2D eigenvalue weighted by Gasteiger charge is 2.31. The lowest BCUT2D eigenvalue weighted by Crippen LogP contribution is -2.24. The largest absolute Gasteiger partial charge is 0.507 e. The van der Waals surface area contributed by atoms with E-state index in [9.17, 15) is 5.11 Å². The molecule has 0 amide bonds. The lowest BCUT2D eigenvalue weighted by atomic mass is 9.72. The Labute approximate surface area is 233 Å². The van der Waals surface area contributed by atoms with Crippen LogP contribution in [0.25, 0.3) is 0 Å². The van der Waals surface area contributed by atoms with Crippen LogP contribution in [-0.2, 0) is 10.8 Å². The van der Waals surface area contributed by atoms with Crippen LogP contribution in [0.15, 0.2) is 115 Å². The molecule has 200 valence electrons. The summed E-state index contributed by atoms with van der Waals surface area (Å²) in [6, 6.07) is 32.8. The van der Waals surface area contributed by atoms with E-state index >= 15 is 0 Å². The van der Waals surface area contributed by atoms with Crippen LogP contribution in [0.1, 0.15) is 68.4 Å². The summed E-state index contributed by atoms with van der Waals surface area (Å²) in [6.07, 6.45) is 5.55. The van der Waals surface area contributed by atoms with Gasteiger partial charge in [0.05, 0.1) is 12.3 Å². The number of hydrogen-bond acceptors (Lipinski definition) is 3. The minimum absolute atomic E-state index is 0.252. The number of phenols is 1. The van der Waals surface area contributed by atoms with Gasteiger partial charge in [0.15, 0.2) is 0 Å². The van der Waals surface area contributed by atoms with Gasteiger partial charge in [-0.15, -0.1) is 6.58 Å². The zero-order valence-corrected chi connectivity index (χ0v) is 23.5. The van der Waals surface area contributed by atoms with E-state index in [-0.39, 0.29) is 11.2 Å². The number of unbranched alkanes of at least 4 members (excludes halogenated alkanes) is 1. The third-order valence-corrected chi connectivity index (χ3v) is 7.54. The van der Waals surface area contributed by atoms with Crippen molar-refractivity contribution >= 4 is 11.9 Å².